The third kappa shape index (κ3) is 2.67. The van der Waals surface area contributed by atoms with Crippen LogP contribution in [0.5, 0.6) is 0 Å². The lowest BCUT2D eigenvalue weighted by atomic mass is 10.2. The highest BCUT2D eigenvalue weighted by Gasteiger charge is 2.12. The fourth-order valence-electron chi connectivity index (χ4n) is 1.66. The number of aromatic nitrogens is 2. The molecule has 0 unspecified atom stereocenters. The van der Waals surface area contributed by atoms with Gasteiger partial charge in [-0.1, -0.05) is 41.1 Å². The van der Waals surface area contributed by atoms with Crippen molar-refractivity contribution >= 4 is 60.3 Å². The highest BCUT2D eigenvalue weighted by molar-refractivity contribution is 9.10. The summed E-state index contributed by atoms with van der Waals surface area (Å²) in [5.74, 6) is -0.202. The van der Waals surface area contributed by atoms with Crippen LogP contribution in [0.25, 0.3) is 10.3 Å². The molecule has 7 heteroatoms. The first-order valence-electron chi connectivity index (χ1n) is 5.62. The number of halogens is 2. The van der Waals surface area contributed by atoms with Gasteiger partial charge in [-0.3, -0.25) is 10.1 Å². The first kappa shape index (κ1) is 13.5. The Balaban J connectivity index is 1.92. The van der Waals surface area contributed by atoms with E-state index in [2.05, 4.69) is 31.2 Å². The van der Waals surface area contributed by atoms with E-state index in [-0.39, 0.29) is 5.91 Å². The van der Waals surface area contributed by atoms with E-state index in [9.17, 15) is 4.79 Å². The normalized spacial score (nSPS) is 10.7. The van der Waals surface area contributed by atoms with E-state index in [0.29, 0.717) is 26.2 Å². The Labute approximate surface area is 131 Å². The van der Waals surface area contributed by atoms with Crippen molar-refractivity contribution < 1.29 is 4.79 Å². The van der Waals surface area contributed by atoms with E-state index in [4.69, 9.17) is 11.6 Å². The lowest BCUT2D eigenvalue weighted by molar-refractivity contribution is 0.102. The van der Waals surface area contributed by atoms with Crippen molar-refractivity contribution in [3.8, 4) is 0 Å². The van der Waals surface area contributed by atoms with Crippen LogP contribution in [0.4, 0.5) is 5.13 Å². The molecule has 1 aromatic carbocycles. The number of fused-ring (bicyclic) bond motifs is 1. The molecule has 0 aliphatic heterocycles. The van der Waals surface area contributed by atoms with E-state index in [0.717, 1.165) is 4.47 Å². The fourth-order valence-corrected chi connectivity index (χ4v) is 3.52. The summed E-state index contributed by atoms with van der Waals surface area (Å²) in [6.45, 7) is 0. The number of rotatable bonds is 2. The van der Waals surface area contributed by atoms with Crippen LogP contribution in [-0.2, 0) is 0 Å². The average molecular weight is 369 g/mol. The summed E-state index contributed by atoms with van der Waals surface area (Å²) in [6, 6.07) is 10.6. The topological polar surface area (TPSA) is 54.9 Å². The van der Waals surface area contributed by atoms with Crippen LogP contribution >= 0.6 is 38.9 Å². The Hall–Kier alpha value is -1.50. The number of benzene rings is 1. The van der Waals surface area contributed by atoms with Gasteiger partial charge in [0, 0.05) is 10.0 Å². The average Bonchev–Trinajstić information content (AvgIpc) is 2.82. The Morgan fingerprint density at radius 1 is 1.25 bits per heavy atom. The molecule has 2 heterocycles. The number of nitrogens with one attached hydrogen (secondary N) is 1. The summed E-state index contributed by atoms with van der Waals surface area (Å²) < 4.78 is 0.754. The molecule has 0 aliphatic rings. The number of hydrogen-bond donors (Lipinski definition) is 1. The maximum Gasteiger partial charge on any atom is 0.257 e. The second-order valence-electron chi connectivity index (χ2n) is 3.92. The molecule has 4 nitrogen and oxygen atoms in total. The molecular formula is C13H7BrClN3OS. The number of thiazole rings is 1. The molecule has 0 saturated heterocycles. The largest absolute Gasteiger partial charge is 0.298 e. The third-order valence-corrected chi connectivity index (χ3v) is 4.21. The van der Waals surface area contributed by atoms with Gasteiger partial charge in [-0.25, -0.2) is 9.97 Å². The van der Waals surface area contributed by atoms with E-state index in [1.807, 2.05) is 18.2 Å². The molecule has 20 heavy (non-hydrogen) atoms. The van der Waals surface area contributed by atoms with E-state index < -0.39 is 0 Å². The van der Waals surface area contributed by atoms with Gasteiger partial charge in [-0.05, 0) is 34.1 Å². The minimum Gasteiger partial charge on any atom is -0.298 e. The number of hydrogen-bond acceptors (Lipinski definition) is 4. The van der Waals surface area contributed by atoms with Crippen molar-refractivity contribution in [1.29, 1.82) is 0 Å². The molecule has 3 rings (SSSR count). The maximum absolute atomic E-state index is 12.0. The second kappa shape index (κ2) is 5.47. The van der Waals surface area contributed by atoms with E-state index >= 15 is 0 Å². The van der Waals surface area contributed by atoms with Crippen LogP contribution < -0.4 is 5.32 Å². The van der Waals surface area contributed by atoms with Crippen molar-refractivity contribution in [3.63, 3.8) is 0 Å². The molecule has 0 atom stereocenters. The number of carbonyl (C=O) groups is 1. The van der Waals surface area contributed by atoms with Gasteiger partial charge < -0.3 is 0 Å². The summed E-state index contributed by atoms with van der Waals surface area (Å²) in [7, 11) is 0. The fraction of sp³-hybridized carbons (Fsp3) is 0. The van der Waals surface area contributed by atoms with Gasteiger partial charge >= 0.3 is 0 Å². The highest BCUT2D eigenvalue weighted by atomic mass is 79.9. The number of pyridine rings is 1. The van der Waals surface area contributed by atoms with Gasteiger partial charge in [-0.15, -0.1) is 0 Å². The molecule has 0 fully saturated rings. The lowest BCUT2D eigenvalue weighted by Gasteiger charge is -2.00. The molecule has 1 amide bonds. The minimum absolute atomic E-state index is 0.202. The van der Waals surface area contributed by atoms with Gasteiger partial charge in [0.05, 0.1) is 0 Å². The predicted molar refractivity (Wildman–Crippen MR) is 84.5 cm³/mol. The number of nitrogens with zero attached hydrogens (tertiary/aromatic N) is 2. The summed E-state index contributed by atoms with van der Waals surface area (Å²) in [6.07, 6.45) is 0. The van der Waals surface area contributed by atoms with E-state index in [1.165, 1.54) is 11.3 Å². The SMILES string of the molecule is O=C(Nc1nc2c(Br)cc(Cl)nc2s1)c1ccccc1. The quantitative estimate of drug-likeness (QED) is 0.684. The maximum atomic E-state index is 12.0. The summed E-state index contributed by atoms with van der Waals surface area (Å²) >= 11 is 10.5. The van der Waals surface area contributed by atoms with Crippen molar-refractivity contribution in [2.24, 2.45) is 0 Å². The Morgan fingerprint density at radius 3 is 2.75 bits per heavy atom. The van der Waals surface area contributed by atoms with Gasteiger partial charge in [0.15, 0.2) is 5.13 Å². The monoisotopic (exact) mass is 367 g/mol. The van der Waals surface area contributed by atoms with Crippen LogP contribution in [0, 0.1) is 0 Å². The van der Waals surface area contributed by atoms with Crippen molar-refractivity contribution in [2.75, 3.05) is 5.32 Å². The van der Waals surface area contributed by atoms with E-state index in [1.54, 1.807) is 18.2 Å². The first-order valence-corrected chi connectivity index (χ1v) is 7.61. The van der Waals surface area contributed by atoms with Gasteiger partial charge in [0.25, 0.3) is 5.91 Å². The van der Waals surface area contributed by atoms with Crippen LogP contribution in [0.15, 0.2) is 40.9 Å². The van der Waals surface area contributed by atoms with Gasteiger partial charge in [0.2, 0.25) is 0 Å². The molecule has 1 N–H and O–H groups in total. The Kier molecular flexibility index (Phi) is 3.69. The smallest absolute Gasteiger partial charge is 0.257 e. The zero-order valence-corrected chi connectivity index (χ0v) is 13.1. The Morgan fingerprint density at radius 2 is 2.00 bits per heavy atom. The van der Waals surface area contributed by atoms with Gasteiger partial charge in [0.1, 0.15) is 15.5 Å². The van der Waals surface area contributed by atoms with Crippen LogP contribution in [0.3, 0.4) is 0 Å². The lowest BCUT2D eigenvalue weighted by Crippen LogP contribution is -2.11. The molecular weight excluding hydrogens is 362 g/mol. The summed E-state index contributed by atoms with van der Waals surface area (Å²) in [5, 5.41) is 3.63. The minimum atomic E-state index is -0.202. The first-order chi connectivity index (χ1) is 9.63. The third-order valence-electron chi connectivity index (χ3n) is 2.55. The molecule has 3 aromatic rings. The van der Waals surface area contributed by atoms with Gasteiger partial charge in [-0.2, -0.15) is 0 Å². The van der Waals surface area contributed by atoms with Crippen molar-refractivity contribution in [1.82, 2.24) is 9.97 Å². The molecule has 0 saturated carbocycles. The number of amides is 1. The molecule has 0 spiro atoms. The summed E-state index contributed by atoms with van der Waals surface area (Å²) in [5.41, 5.74) is 1.26. The molecule has 0 radical (unpaired) electrons. The number of carbonyl (C=O) groups excluding carboxylic acids is 1. The summed E-state index contributed by atoms with van der Waals surface area (Å²) in [4.78, 5) is 21.2. The van der Waals surface area contributed by atoms with Crippen LogP contribution in [-0.4, -0.2) is 15.9 Å². The second-order valence-corrected chi connectivity index (χ2v) is 6.14. The molecule has 2 aromatic heterocycles. The highest BCUT2D eigenvalue weighted by Crippen LogP contribution is 2.31. The predicted octanol–water partition coefficient (Wildman–Crippen LogP) is 4.36. The molecule has 0 aliphatic carbocycles. The van der Waals surface area contributed by atoms with Crippen LogP contribution in [0.1, 0.15) is 10.4 Å². The zero-order chi connectivity index (χ0) is 14.1. The molecule has 100 valence electrons. The molecule has 0 bridgehead atoms. The van der Waals surface area contributed by atoms with Crippen molar-refractivity contribution in [3.05, 3.63) is 51.6 Å². The zero-order valence-electron chi connectivity index (χ0n) is 9.93. The standard InChI is InChI=1S/C13H7BrClN3OS/c14-8-6-9(15)16-12-10(8)17-13(20-12)18-11(19)7-4-2-1-3-5-7/h1-6H,(H,17,18,19). The van der Waals surface area contributed by atoms with Crippen LogP contribution in [0.2, 0.25) is 5.15 Å². The van der Waals surface area contributed by atoms with Crippen molar-refractivity contribution in [2.45, 2.75) is 0 Å². The number of anilines is 1. The Bertz CT molecular complexity index is 791.